The van der Waals surface area contributed by atoms with E-state index in [4.69, 9.17) is 16.0 Å². The Balaban J connectivity index is 1.58. The molecule has 3 heterocycles. The van der Waals surface area contributed by atoms with Crippen LogP contribution in [0.15, 0.2) is 70.0 Å². The van der Waals surface area contributed by atoms with Crippen molar-refractivity contribution in [1.29, 1.82) is 0 Å². The number of aromatic nitrogens is 1. The fourth-order valence-electron chi connectivity index (χ4n) is 2.64. The Bertz CT molecular complexity index is 973. The molecule has 136 valence electrons. The minimum atomic E-state index is -0.115. The van der Waals surface area contributed by atoms with Crippen LogP contribution >= 0.6 is 34.3 Å². The Kier molecular flexibility index (Phi) is 5.38. The number of carbonyl (C=O) groups is 1. The third-order valence-corrected chi connectivity index (χ3v) is 5.96. The molecule has 0 aliphatic carbocycles. The minimum Gasteiger partial charge on any atom is -0.467 e. The molecular weight excluding hydrogens is 400 g/mol. The molecule has 0 N–H and O–H groups in total. The highest BCUT2D eigenvalue weighted by atomic mass is 35.5. The Morgan fingerprint density at radius 1 is 1.07 bits per heavy atom. The summed E-state index contributed by atoms with van der Waals surface area (Å²) in [4.78, 5) is 20.5. The Hall–Kier alpha value is -2.41. The molecule has 4 rings (SSSR count). The normalized spacial score (nSPS) is 10.9. The van der Waals surface area contributed by atoms with Crippen molar-refractivity contribution in [1.82, 2.24) is 9.88 Å². The molecule has 0 spiro atoms. The standard InChI is InChI=1S/C20H15ClN2O2S2/c21-15-7-5-14(6-8-15)19-22-18(13-27-19)20(24)23(11-16-3-1-9-25-16)12-17-4-2-10-26-17/h1-10,13H,11-12H2. The molecule has 7 heteroatoms. The molecule has 3 aromatic heterocycles. The fraction of sp³-hybridized carbons (Fsp3) is 0.100. The van der Waals surface area contributed by atoms with E-state index >= 15 is 0 Å². The second kappa shape index (κ2) is 8.08. The van der Waals surface area contributed by atoms with E-state index in [2.05, 4.69) is 4.98 Å². The minimum absolute atomic E-state index is 0.115. The summed E-state index contributed by atoms with van der Waals surface area (Å²) in [5, 5.41) is 5.28. The maximum Gasteiger partial charge on any atom is 0.274 e. The highest BCUT2D eigenvalue weighted by Gasteiger charge is 2.21. The summed E-state index contributed by atoms with van der Waals surface area (Å²) in [6.45, 7) is 0.919. The van der Waals surface area contributed by atoms with Gasteiger partial charge in [0, 0.05) is 20.8 Å². The van der Waals surface area contributed by atoms with Crippen LogP contribution in [-0.2, 0) is 13.1 Å². The molecule has 1 aromatic carbocycles. The monoisotopic (exact) mass is 414 g/mol. The molecule has 0 saturated heterocycles. The molecule has 0 atom stereocenters. The fourth-order valence-corrected chi connectivity index (χ4v) is 4.29. The quantitative estimate of drug-likeness (QED) is 0.391. The number of thiazole rings is 1. The van der Waals surface area contributed by atoms with Gasteiger partial charge in [0.05, 0.1) is 19.4 Å². The van der Waals surface area contributed by atoms with Gasteiger partial charge in [-0.15, -0.1) is 22.7 Å². The number of hydrogen-bond donors (Lipinski definition) is 0. The molecule has 0 unspecified atom stereocenters. The Labute approximate surface area is 169 Å². The molecule has 4 nitrogen and oxygen atoms in total. The van der Waals surface area contributed by atoms with Crippen LogP contribution in [0.1, 0.15) is 21.1 Å². The van der Waals surface area contributed by atoms with Gasteiger partial charge in [0.15, 0.2) is 0 Å². The van der Waals surface area contributed by atoms with E-state index in [-0.39, 0.29) is 5.91 Å². The average Bonchev–Trinajstić information content (AvgIpc) is 3.44. The van der Waals surface area contributed by atoms with Gasteiger partial charge in [0.1, 0.15) is 16.5 Å². The van der Waals surface area contributed by atoms with Crippen molar-refractivity contribution in [2.24, 2.45) is 0 Å². The van der Waals surface area contributed by atoms with Crippen molar-refractivity contribution < 1.29 is 9.21 Å². The van der Waals surface area contributed by atoms with E-state index in [0.29, 0.717) is 23.8 Å². The van der Waals surface area contributed by atoms with Gasteiger partial charge >= 0.3 is 0 Å². The molecule has 0 fully saturated rings. The molecule has 1 amide bonds. The smallest absolute Gasteiger partial charge is 0.274 e. The Morgan fingerprint density at radius 2 is 1.93 bits per heavy atom. The number of nitrogens with zero attached hydrogens (tertiary/aromatic N) is 2. The molecule has 0 aliphatic heterocycles. The first-order valence-corrected chi connectivity index (χ1v) is 10.4. The Morgan fingerprint density at radius 3 is 2.63 bits per heavy atom. The van der Waals surface area contributed by atoms with Crippen molar-refractivity contribution in [3.63, 3.8) is 0 Å². The number of halogens is 1. The van der Waals surface area contributed by atoms with Crippen LogP contribution in [0.4, 0.5) is 0 Å². The number of thiophene rings is 1. The van der Waals surface area contributed by atoms with Gasteiger partial charge in [0.2, 0.25) is 0 Å². The lowest BCUT2D eigenvalue weighted by molar-refractivity contribution is 0.0714. The molecule has 0 aliphatic rings. The molecule has 27 heavy (non-hydrogen) atoms. The van der Waals surface area contributed by atoms with Crippen molar-refractivity contribution in [3.8, 4) is 10.6 Å². The maximum atomic E-state index is 13.1. The summed E-state index contributed by atoms with van der Waals surface area (Å²) < 4.78 is 5.43. The maximum absolute atomic E-state index is 13.1. The first-order valence-electron chi connectivity index (χ1n) is 8.24. The average molecular weight is 415 g/mol. The predicted molar refractivity (Wildman–Crippen MR) is 109 cm³/mol. The largest absolute Gasteiger partial charge is 0.467 e. The second-order valence-corrected chi connectivity index (χ2v) is 8.19. The van der Waals surface area contributed by atoms with Crippen LogP contribution < -0.4 is 0 Å². The first-order chi connectivity index (χ1) is 13.2. The number of carbonyl (C=O) groups excluding carboxylic acids is 1. The summed E-state index contributed by atoms with van der Waals surface area (Å²) in [5.41, 5.74) is 1.38. The lowest BCUT2D eigenvalue weighted by Gasteiger charge is -2.20. The van der Waals surface area contributed by atoms with Gasteiger partial charge < -0.3 is 9.32 Å². The number of furan rings is 1. The van der Waals surface area contributed by atoms with E-state index < -0.39 is 0 Å². The zero-order chi connectivity index (χ0) is 18.6. The van der Waals surface area contributed by atoms with E-state index in [1.165, 1.54) is 11.3 Å². The molecule has 4 aromatic rings. The van der Waals surface area contributed by atoms with Crippen molar-refractivity contribution in [3.05, 3.63) is 86.9 Å². The van der Waals surface area contributed by atoms with Crippen molar-refractivity contribution in [2.75, 3.05) is 0 Å². The van der Waals surface area contributed by atoms with Crippen LogP contribution in [0.25, 0.3) is 10.6 Å². The molecular formula is C20H15ClN2O2S2. The number of rotatable bonds is 6. The lowest BCUT2D eigenvalue weighted by Crippen LogP contribution is -2.30. The van der Waals surface area contributed by atoms with Crippen molar-refractivity contribution >= 4 is 40.2 Å². The van der Waals surface area contributed by atoms with Gasteiger partial charge in [0.25, 0.3) is 5.91 Å². The number of hydrogen-bond acceptors (Lipinski definition) is 5. The summed E-state index contributed by atoms with van der Waals surface area (Å²) in [6.07, 6.45) is 1.62. The van der Waals surface area contributed by atoms with Gasteiger partial charge in [-0.3, -0.25) is 4.79 Å². The van der Waals surface area contributed by atoms with Gasteiger partial charge in [-0.1, -0.05) is 29.8 Å². The number of benzene rings is 1. The van der Waals surface area contributed by atoms with Crippen LogP contribution in [0, 0.1) is 0 Å². The molecule has 0 radical (unpaired) electrons. The summed E-state index contributed by atoms with van der Waals surface area (Å²) in [5.74, 6) is 0.629. The summed E-state index contributed by atoms with van der Waals surface area (Å²) >= 11 is 9.02. The van der Waals surface area contributed by atoms with Crippen LogP contribution in [0.3, 0.4) is 0 Å². The molecule has 0 bridgehead atoms. The topological polar surface area (TPSA) is 46.3 Å². The van der Waals surface area contributed by atoms with E-state index in [0.717, 1.165) is 21.2 Å². The zero-order valence-electron chi connectivity index (χ0n) is 14.2. The van der Waals surface area contributed by atoms with Crippen LogP contribution in [-0.4, -0.2) is 15.8 Å². The van der Waals surface area contributed by atoms with Crippen LogP contribution in [0.2, 0.25) is 5.02 Å². The second-order valence-electron chi connectivity index (χ2n) is 5.86. The van der Waals surface area contributed by atoms with E-state index in [1.807, 2.05) is 53.9 Å². The van der Waals surface area contributed by atoms with Crippen molar-refractivity contribution in [2.45, 2.75) is 13.1 Å². The number of amides is 1. The van der Waals surface area contributed by atoms with Gasteiger partial charge in [-0.05, 0) is 35.7 Å². The first kappa shape index (κ1) is 18.0. The van der Waals surface area contributed by atoms with Gasteiger partial charge in [-0.25, -0.2) is 4.98 Å². The van der Waals surface area contributed by atoms with Crippen LogP contribution in [0.5, 0.6) is 0 Å². The molecule has 0 saturated carbocycles. The summed E-state index contributed by atoms with van der Waals surface area (Å²) in [6, 6.07) is 15.1. The van der Waals surface area contributed by atoms with E-state index in [9.17, 15) is 4.79 Å². The lowest BCUT2D eigenvalue weighted by atomic mass is 10.2. The van der Waals surface area contributed by atoms with Gasteiger partial charge in [-0.2, -0.15) is 0 Å². The summed E-state index contributed by atoms with van der Waals surface area (Å²) in [7, 11) is 0. The third-order valence-electron chi connectivity index (χ3n) is 3.96. The van der Waals surface area contributed by atoms with E-state index in [1.54, 1.807) is 27.9 Å². The third kappa shape index (κ3) is 4.30. The highest BCUT2D eigenvalue weighted by Crippen LogP contribution is 2.26. The highest BCUT2D eigenvalue weighted by molar-refractivity contribution is 7.13. The zero-order valence-corrected chi connectivity index (χ0v) is 16.6. The predicted octanol–water partition coefficient (Wildman–Crippen LogP) is 5.96. The SMILES string of the molecule is O=C(c1csc(-c2ccc(Cl)cc2)n1)N(Cc1ccco1)Cc1cccs1.